The fourth-order valence-electron chi connectivity index (χ4n) is 2.17. The van der Waals surface area contributed by atoms with E-state index in [9.17, 15) is 0 Å². The van der Waals surface area contributed by atoms with Gasteiger partial charge in [0.1, 0.15) is 0 Å². The van der Waals surface area contributed by atoms with Crippen LogP contribution in [0.3, 0.4) is 0 Å². The second kappa shape index (κ2) is 6.94. The summed E-state index contributed by atoms with van der Waals surface area (Å²) in [6.45, 7) is 2.88. The maximum Gasteiger partial charge on any atom is 0.0931 e. The van der Waals surface area contributed by atoms with Crippen molar-refractivity contribution in [1.29, 1.82) is 0 Å². The SMILES string of the molecule is CC(N)Cc1ccc(Br)cc1N(C)Cc1ccc(Cl)s1. The third-order valence-corrected chi connectivity index (χ3v) is 4.73. The molecule has 0 aliphatic heterocycles. The van der Waals surface area contributed by atoms with E-state index in [0.717, 1.165) is 21.8 Å². The maximum atomic E-state index is 5.99. The summed E-state index contributed by atoms with van der Waals surface area (Å²) < 4.78 is 1.91. The quantitative estimate of drug-likeness (QED) is 0.823. The minimum atomic E-state index is 0.152. The van der Waals surface area contributed by atoms with Crippen LogP contribution in [-0.2, 0) is 13.0 Å². The van der Waals surface area contributed by atoms with Crippen molar-refractivity contribution in [2.24, 2.45) is 5.73 Å². The monoisotopic (exact) mass is 372 g/mol. The van der Waals surface area contributed by atoms with E-state index in [1.165, 1.54) is 16.1 Å². The van der Waals surface area contributed by atoms with Crippen molar-refractivity contribution >= 4 is 44.6 Å². The molecule has 1 heterocycles. The summed E-state index contributed by atoms with van der Waals surface area (Å²) in [6, 6.07) is 10.5. The van der Waals surface area contributed by atoms with Gasteiger partial charge in [0.25, 0.3) is 0 Å². The summed E-state index contributed by atoms with van der Waals surface area (Å²) in [6.07, 6.45) is 0.873. The minimum Gasteiger partial charge on any atom is -0.369 e. The molecule has 1 aromatic carbocycles. The van der Waals surface area contributed by atoms with Crippen LogP contribution in [0.2, 0.25) is 4.34 Å². The van der Waals surface area contributed by atoms with E-state index in [-0.39, 0.29) is 6.04 Å². The molecule has 20 heavy (non-hydrogen) atoms. The van der Waals surface area contributed by atoms with Gasteiger partial charge in [0.05, 0.1) is 10.9 Å². The van der Waals surface area contributed by atoms with Crippen molar-refractivity contribution in [3.63, 3.8) is 0 Å². The van der Waals surface area contributed by atoms with Crippen LogP contribution in [0.15, 0.2) is 34.8 Å². The van der Waals surface area contributed by atoms with Crippen LogP contribution >= 0.6 is 38.9 Å². The van der Waals surface area contributed by atoms with Crippen molar-refractivity contribution in [2.45, 2.75) is 25.9 Å². The molecule has 0 radical (unpaired) electrons. The Labute approximate surface area is 137 Å². The highest BCUT2D eigenvalue weighted by Gasteiger charge is 2.11. The lowest BCUT2D eigenvalue weighted by molar-refractivity contribution is 0.734. The number of anilines is 1. The van der Waals surface area contributed by atoms with E-state index >= 15 is 0 Å². The fourth-order valence-corrected chi connectivity index (χ4v) is 3.66. The largest absolute Gasteiger partial charge is 0.369 e. The van der Waals surface area contributed by atoms with Gasteiger partial charge in [-0.05, 0) is 43.2 Å². The smallest absolute Gasteiger partial charge is 0.0931 e. The molecule has 2 aromatic rings. The van der Waals surface area contributed by atoms with Gasteiger partial charge in [-0.25, -0.2) is 0 Å². The van der Waals surface area contributed by atoms with E-state index in [1.54, 1.807) is 11.3 Å². The van der Waals surface area contributed by atoms with E-state index in [1.807, 2.05) is 13.0 Å². The van der Waals surface area contributed by atoms with E-state index < -0.39 is 0 Å². The first-order valence-corrected chi connectivity index (χ1v) is 8.44. The molecule has 0 aliphatic rings. The number of nitrogens with zero attached hydrogens (tertiary/aromatic N) is 1. The summed E-state index contributed by atoms with van der Waals surface area (Å²) in [7, 11) is 2.10. The second-order valence-corrected chi connectivity index (χ2v) is 7.73. The summed E-state index contributed by atoms with van der Waals surface area (Å²) in [5, 5.41) is 0. The van der Waals surface area contributed by atoms with Gasteiger partial charge in [0.15, 0.2) is 0 Å². The normalized spacial score (nSPS) is 12.4. The molecule has 2 N–H and O–H groups in total. The molecule has 0 bridgehead atoms. The molecule has 1 atom stereocenters. The van der Waals surface area contributed by atoms with Crippen LogP contribution in [0.1, 0.15) is 17.4 Å². The third kappa shape index (κ3) is 4.22. The average Bonchev–Trinajstić information content (AvgIpc) is 2.76. The van der Waals surface area contributed by atoms with E-state index in [2.05, 4.69) is 52.1 Å². The first-order valence-electron chi connectivity index (χ1n) is 6.45. The van der Waals surface area contributed by atoms with Gasteiger partial charge >= 0.3 is 0 Å². The van der Waals surface area contributed by atoms with Crippen LogP contribution in [0.4, 0.5) is 5.69 Å². The number of nitrogens with two attached hydrogens (primary N) is 1. The first kappa shape index (κ1) is 15.8. The van der Waals surface area contributed by atoms with Gasteiger partial charge in [-0.15, -0.1) is 11.3 Å². The molecule has 0 aliphatic carbocycles. The zero-order chi connectivity index (χ0) is 14.7. The molecule has 0 amide bonds. The summed E-state index contributed by atoms with van der Waals surface area (Å²) >= 11 is 11.2. The topological polar surface area (TPSA) is 29.3 Å². The van der Waals surface area contributed by atoms with Crippen molar-refractivity contribution in [2.75, 3.05) is 11.9 Å². The summed E-state index contributed by atoms with van der Waals surface area (Å²) in [5.41, 5.74) is 8.42. The number of benzene rings is 1. The van der Waals surface area contributed by atoms with Crippen molar-refractivity contribution in [3.8, 4) is 0 Å². The zero-order valence-corrected chi connectivity index (χ0v) is 14.7. The standard InChI is InChI=1S/C15H18BrClN2S/c1-10(18)7-11-3-4-12(16)8-14(11)19(2)9-13-5-6-15(17)20-13/h3-6,8,10H,7,9,18H2,1-2H3. The average molecular weight is 374 g/mol. The molecule has 108 valence electrons. The Morgan fingerprint density at radius 1 is 1.35 bits per heavy atom. The molecule has 2 rings (SSSR count). The van der Waals surface area contributed by atoms with Gasteiger partial charge in [0.2, 0.25) is 0 Å². The molecule has 0 saturated carbocycles. The predicted octanol–water partition coefficient (Wildman–Crippen LogP) is 4.69. The molecule has 1 aromatic heterocycles. The highest BCUT2D eigenvalue weighted by molar-refractivity contribution is 9.10. The number of rotatable bonds is 5. The maximum absolute atomic E-state index is 5.99. The van der Waals surface area contributed by atoms with Crippen LogP contribution in [-0.4, -0.2) is 13.1 Å². The van der Waals surface area contributed by atoms with Crippen LogP contribution in [0.5, 0.6) is 0 Å². The first-order chi connectivity index (χ1) is 9.45. The molecule has 0 fully saturated rings. The Balaban J connectivity index is 2.23. The fraction of sp³-hybridized carbons (Fsp3) is 0.333. The summed E-state index contributed by atoms with van der Waals surface area (Å²) in [4.78, 5) is 3.49. The summed E-state index contributed by atoms with van der Waals surface area (Å²) in [5.74, 6) is 0. The lowest BCUT2D eigenvalue weighted by atomic mass is 10.0. The van der Waals surface area contributed by atoms with Crippen molar-refractivity contribution in [3.05, 3.63) is 49.6 Å². The van der Waals surface area contributed by atoms with Gasteiger partial charge in [-0.2, -0.15) is 0 Å². The Morgan fingerprint density at radius 2 is 2.10 bits per heavy atom. The molecule has 0 saturated heterocycles. The molecule has 2 nitrogen and oxygen atoms in total. The molecule has 5 heteroatoms. The zero-order valence-electron chi connectivity index (χ0n) is 11.6. The Morgan fingerprint density at radius 3 is 2.70 bits per heavy atom. The highest BCUT2D eigenvalue weighted by atomic mass is 79.9. The predicted molar refractivity (Wildman–Crippen MR) is 92.9 cm³/mol. The molecular weight excluding hydrogens is 356 g/mol. The Bertz CT molecular complexity index is 583. The highest BCUT2D eigenvalue weighted by Crippen LogP contribution is 2.29. The second-order valence-electron chi connectivity index (χ2n) is 5.02. The number of halogens is 2. The Kier molecular flexibility index (Phi) is 5.49. The van der Waals surface area contributed by atoms with Gasteiger partial charge in [0, 0.05) is 28.1 Å². The molecular formula is C15H18BrClN2S. The molecule has 0 spiro atoms. The van der Waals surface area contributed by atoms with Crippen molar-refractivity contribution < 1.29 is 0 Å². The van der Waals surface area contributed by atoms with Crippen LogP contribution < -0.4 is 10.6 Å². The van der Waals surface area contributed by atoms with Crippen LogP contribution in [0.25, 0.3) is 0 Å². The van der Waals surface area contributed by atoms with Crippen molar-refractivity contribution in [1.82, 2.24) is 0 Å². The lowest BCUT2D eigenvalue weighted by Crippen LogP contribution is -2.22. The van der Waals surface area contributed by atoms with E-state index in [0.29, 0.717) is 0 Å². The third-order valence-electron chi connectivity index (χ3n) is 3.02. The molecule has 1 unspecified atom stereocenters. The minimum absolute atomic E-state index is 0.152. The number of hydrogen-bond donors (Lipinski definition) is 1. The number of thiophene rings is 1. The van der Waals surface area contributed by atoms with Gasteiger partial charge in [-0.3, -0.25) is 0 Å². The van der Waals surface area contributed by atoms with Crippen LogP contribution in [0, 0.1) is 0 Å². The van der Waals surface area contributed by atoms with Gasteiger partial charge in [-0.1, -0.05) is 33.6 Å². The van der Waals surface area contributed by atoms with E-state index in [4.69, 9.17) is 17.3 Å². The van der Waals surface area contributed by atoms with Gasteiger partial charge < -0.3 is 10.6 Å². The Hall–Kier alpha value is -0.550. The number of hydrogen-bond acceptors (Lipinski definition) is 3. The lowest BCUT2D eigenvalue weighted by Gasteiger charge is -2.23.